The van der Waals surface area contributed by atoms with Gasteiger partial charge in [0, 0.05) is 19.7 Å². The van der Waals surface area contributed by atoms with Crippen LogP contribution in [0.5, 0.6) is 0 Å². The van der Waals surface area contributed by atoms with E-state index in [2.05, 4.69) is 0 Å². The Labute approximate surface area is 77.5 Å². The van der Waals surface area contributed by atoms with Gasteiger partial charge in [0.15, 0.2) is 0 Å². The first kappa shape index (κ1) is 8.97. The predicted molar refractivity (Wildman–Crippen MR) is 46.6 cm³/mol. The van der Waals surface area contributed by atoms with Crippen molar-refractivity contribution in [3.63, 3.8) is 0 Å². The summed E-state index contributed by atoms with van der Waals surface area (Å²) in [5.74, 6) is -0.730. The first-order chi connectivity index (χ1) is 6.29. The van der Waals surface area contributed by atoms with Crippen molar-refractivity contribution < 1.29 is 14.6 Å². The molecule has 0 saturated carbocycles. The fraction of sp³-hybridized carbons (Fsp3) is 0.889. The van der Waals surface area contributed by atoms with Crippen LogP contribution in [0.25, 0.3) is 0 Å². The molecule has 2 fully saturated rings. The largest absolute Gasteiger partial charge is 0.480 e. The lowest BCUT2D eigenvalue weighted by atomic mass is 10.0. The van der Waals surface area contributed by atoms with E-state index in [1.807, 2.05) is 4.90 Å². The zero-order valence-corrected chi connectivity index (χ0v) is 7.61. The lowest BCUT2D eigenvalue weighted by Gasteiger charge is -2.38. The van der Waals surface area contributed by atoms with Crippen LogP contribution in [0.2, 0.25) is 0 Å². The number of rotatable bonds is 3. The molecule has 0 aromatic rings. The Morgan fingerprint density at radius 2 is 2.23 bits per heavy atom. The summed E-state index contributed by atoms with van der Waals surface area (Å²) in [6.45, 7) is 2.55. The van der Waals surface area contributed by atoms with Gasteiger partial charge < -0.3 is 9.84 Å². The number of carboxylic acid groups (broad SMARTS) is 1. The molecule has 0 aromatic carbocycles. The molecular weight excluding hydrogens is 170 g/mol. The summed E-state index contributed by atoms with van der Waals surface area (Å²) in [6.07, 6.45) is 2.95. The van der Waals surface area contributed by atoms with Crippen LogP contribution in [0, 0.1) is 0 Å². The van der Waals surface area contributed by atoms with Gasteiger partial charge in [0.1, 0.15) is 6.04 Å². The zero-order valence-electron chi connectivity index (χ0n) is 7.61. The third kappa shape index (κ3) is 1.69. The highest BCUT2D eigenvalue weighted by Crippen LogP contribution is 2.23. The maximum absolute atomic E-state index is 11.0. The Bertz CT molecular complexity index is 197. The highest BCUT2D eigenvalue weighted by atomic mass is 16.5. The normalized spacial score (nSPS) is 31.2. The number of carbonyl (C=O) groups is 1. The molecule has 0 amide bonds. The number of hydrogen-bond donors (Lipinski definition) is 1. The summed E-state index contributed by atoms with van der Waals surface area (Å²) in [6, 6.07) is -0.392. The Hall–Kier alpha value is -0.610. The highest BCUT2D eigenvalue weighted by molar-refractivity contribution is 5.74. The summed E-state index contributed by atoms with van der Waals surface area (Å²) in [4.78, 5) is 13.0. The number of aliphatic carboxylic acids is 1. The molecule has 2 unspecified atom stereocenters. The lowest BCUT2D eigenvalue weighted by Crippen LogP contribution is -2.54. The van der Waals surface area contributed by atoms with Gasteiger partial charge in [-0.15, -0.1) is 0 Å². The van der Waals surface area contributed by atoms with Crippen LogP contribution in [0.3, 0.4) is 0 Å². The van der Waals surface area contributed by atoms with Crippen molar-refractivity contribution in [1.29, 1.82) is 0 Å². The molecule has 4 heteroatoms. The summed E-state index contributed by atoms with van der Waals surface area (Å²) in [7, 11) is 0. The first-order valence-corrected chi connectivity index (χ1v) is 4.87. The topological polar surface area (TPSA) is 49.8 Å². The van der Waals surface area contributed by atoms with Crippen molar-refractivity contribution in [2.45, 2.75) is 31.4 Å². The molecule has 2 aliphatic heterocycles. The van der Waals surface area contributed by atoms with E-state index in [4.69, 9.17) is 9.84 Å². The Morgan fingerprint density at radius 1 is 1.46 bits per heavy atom. The average Bonchev–Trinajstić information content (AvgIpc) is 2.46. The maximum Gasteiger partial charge on any atom is 0.323 e. The Balaban J connectivity index is 1.98. The molecule has 2 atom stereocenters. The van der Waals surface area contributed by atoms with Gasteiger partial charge in [0.05, 0.1) is 6.10 Å². The predicted octanol–water partition coefficient (Wildman–Crippen LogP) is 0.324. The molecule has 0 radical (unpaired) electrons. The molecule has 13 heavy (non-hydrogen) atoms. The minimum Gasteiger partial charge on any atom is -0.480 e. The smallest absolute Gasteiger partial charge is 0.323 e. The van der Waals surface area contributed by atoms with Crippen molar-refractivity contribution in [2.24, 2.45) is 0 Å². The van der Waals surface area contributed by atoms with Crippen molar-refractivity contribution in [1.82, 2.24) is 4.90 Å². The molecular formula is C9H15NO3. The molecule has 2 saturated heterocycles. The van der Waals surface area contributed by atoms with Crippen LogP contribution < -0.4 is 0 Å². The number of carboxylic acids is 1. The second-order valence-electron chi connectivity index (χ2n) is 3.72. The van der Waals surface area contributed by atoms with Crippen LogP contribution in [-0.4, -0.2) is 47.8 Å². The quantitative estimate of drug-likeness (QED) is 0.688. The van der Waals surface area contributed by atoms with Gasteiger partial charge in [-0.2, -0.15) is 0 Å². The number of likely N-dealkylation sites (tertiary alicyclic amines) is 1. The molecule has 0 aliphatic carbocycles. The molecule has 0 bridgehead atoms. The van der Waals surface area contributed by atoms with Crippen LogP contribution in [0.15, 0.2) is 0 Å². The Morgan fingerprint density at radius 3 is 2.62 bits per heavy atom. The van der Waals surface area contributed by atoms with Crippen LogP contribution in [-0.2, 0) is 9.53 Å². The number of hydrogen-bond acceptors (Lipinski definition) is 3. The fourth-order valence-electron chi connectivity index (χ4n) is 2.02. The SMILES string of the molecule is O=C(O)C(C1CCCO1)N1CCC1. The highest BCUT2D eigenvalue weighted by Gasteiger charge is 2.38. The standard InChI is InChI=1S/C9H15NO3/c11-9(12)8(10-4-2-5-10)7-3-1-6-13-7/h7-8H,1-6H2,(H,11,12). The van der Waals surface area contributed by atoms with Crippen molar-refractivity contribution in [3.8, 4) is 0 Å². The molecule has 0 spiro atoms. The van der Waals surface area contributed by atoms with Gasteiger partial charge in [-0.1, -0.05) is 0 Å². The second-order valence-corrected chi connectivity index (χ2v) is 3.72. The second kappa shape index (κ2) is 3.64. The van der Waals surface area contributed by atoms with E-state index in [0.717, 1.165) is 39.0 Å². The van der Waals surface area contributed by atoms with Crippen molar-refractivity contribution in [3.05, 3.63) is 0 Å². The molecule has 74 valence electrons. The van der Waals surface area contributed by atoms with Gasteiger partial charge >= 0.3 is 5.97 Å². The van der Waals surface area contributed by atoms with Gasteiger partial charge in [0.25, 0.3) is 0 Å². The van der Waals surface area contributed by atoms with Gasteiger partial charge in [-0.05, 0) is 19.3 Å². The van der Waals surface area contributed by atoms with E-state index < -0.39 is 12.0 Å². The third-order valence-electron chi connectivity index (χ3n) is 2.85. The van der Waals surface area contributed by atoms with Crippen LogP contribution >= 0.6 is 0 Å². The summed E-state index contributed by atoms with van der Waals surface area (Å²) in [5, 5.41) is 9.05. The van der Waals surface area contributed by atoms with E-state index in [0.29, 0.717) is 0 Å². The number of nitrogens with zero attached hydrogens (tertiary/aromatic N) is 1. The molecule has 2 rings (SSSR count). The lowest BCUT2D eigenvalue weighted by molar-refractivity contribution is -0.150. The van der Waals surface area contributed by atoms with Crippen molar-refractivity contribution >= 4 is 5.97 Å². The van der Waals surface area contributed by atoms with Crippen molar-refractivity contribution in [2.75, 3.05) is 19.7 Å². The average molecular weight is 185 g/mol. The van der Waals surface area contributed by atoms with E-state index >= 15 is 0 Å². The van der Waals surface area contributed by atoms with E-state index in [-0.39, 0.29) is 6.10 Å². The third-order valence-corrected chi connectivity index (χ3v) is 2.85. The fourth-order valence-corrected chi connectivity index (χ4v) is 2.02. The van der Waals surface area contributed by atoms with Crippen LogP contribution in [0.1, 0.15) is 19.3 Å². The molecule has 0 aromatic heterocycles. The minimum atomic E-state index is -0.730. The first-order valence-electron chi connectivity index (χ1n) is 4.87. The Kier molecular flexibility index (Phi) is 2.51. The zero-order chi connectivity index (χ0) is 9.26. The molecule has 2 heterocycles. The van der Waals surface area contributed by atoms with Crippen LogP contribution in [0.4, 0.5) is 0 Å². The summed E-state index contributed by atoms with van der Waals surface area (Å²) >= 11 is 0. The number of ether oxygens (including phenoxy) is 1. The van der Waals surface area contributed by atoms with E-state index in [9.17, 15) is 4.79 Å². The monoisotopic (exact) mass is 185 g/mol. The van der Waals surface area contributed by atoms with E-state index in [1.165, 1.54) is 0 Å². The maximum atomic E-state index is 11.0. The van der Waals surface area contributed by atoms with Gasteiger partial charge in [-0.25, -0.2) is 0 Å². The van der Waals surface area contributed by atoms with E-state index in [1.54, 1.807) is 0 Å². The minimum absolute atomic E-state index is 0.0715. The summed E-state index contributed by atoms with van der Waals surface area (Å²) < 4.78 is 5.41. The molecule has 2 aliphatic rings. The summed E-state index contributed by atoms with van der Waals surface area (Å²) in [5.41, 5.74) is 0. The van der Waals surface area contributed by atoms with Gasteiger partial charge in [-0.3, -0.25) is 9.69 Å². The molecule has 1 N–H and O–H groups in total. The van der Waals surface area contributed by atoms with Gasteiger partial charge in [0.2, 0.25) is 0 Å². The molecule has 4 nitrogen and oxygen atoms in total.